The van der Waals surface area contributed by atoms with Crippen LogP contribution in [0.25, 0.3) is 0 Å². The largest absolute Gasteiger partial charge is 0.478 e. The number of rotatable bonds is 7. The summed E-state index contributed by atoms with van der Waals surface area (Å²) in [5.41, 5.74) is 0.478. The van der Waals surface area contributed by atoms with E-state index in [9.17, 15) is 20.0 Å². The maximum absolute atomic E-state index is 11.5. The molecule has 0 radical (unpaired) electrons. The molecule has 0 spiro atoms. The average molecular weight is 290 g/mol. The SMILES string of the molecule is O=C(O)c1cc([N+](=O)[O-])ccc1N(CC1CC1)CC1CC1. The fourth-order valence-corrected chi connectivity index (χ4v) is 2.58. The number of carboxylic acid groups (broad SMARTS) is 1. The average Bonchev–Trinajstić information content (AvgIpc) is 3.32. The van der Waals surface area contributed by atoms with Gasteiger partial charge in [0.15, 0.2) is 0 Å². The first kappa shape index (κ1) is 13.9. The van der Waals surface area contributed by atoms with Crippen LogP contribution in [-0.2, 0) is 0 Å². The maximum atomic E-state index is 11.5. The van der Waals surface area contributed by atoms with E-state index in [0.717, 1.165) is 13.1 Å². The number of aromatic carboxylic acids is 1. The van der Waals surface area contributed by atoms with Crippen LogP contribution in [-0.4, -0.2) is 29.1 Å². The summed E-state index contributed by atoms with van der Waals surface area (Å²) < 4.78 is 0. The number of carboxylic acids is 1. The number of benzene rings is 1. The quantitative estimate of drug-likeness (QED) is 0.616. The van der Waals surface area contributed by atoms with Crippen LogP contribution < -0.4 is 4.90 Å². The number of hydrogen-bond acceptors (Lipinski definition) is 4. The van der Waals surface area contributed by atoms with Crippen molar-refractivity contribution >= 4 is 17.3 Å². The number of nitro benzene ring substituents is 1. The van der Waals surface area contributed by atoms with Crippen LogP contribution in [0.5, 0.6) is 0 Å². The lowest BCUT2D eigenvalue weighted by Crippen LogP contribution is -2.29. The second-order valence-electron chi connectivity index (χ2n) is 6.06. The van der Waals surface area contributed by atoms with Crippen molar-refractivity contribution in [2.45, 2.75) is 25.7 Å². The predicted octanol–water partition coefficient (Wildman–Crippen LogP) is 2.92. The Morgan fingerprint density at radius 2 is 1.81 bits per heavy atom. The third-order valence-corrected chi connectivity index (χ3v) is 4.11. The zero-order valence-corrected chi connectivity index (χ0v) is 11.7. The van der Waals surface area contributed by atoms with Crippen LogP contribution in [0.1, 0.15) is 36.0 Å². The van der Waals surface area contributed by atoms with Gasteiger partial charge < -0.3 is 10.0 Å². The Morgan fingerprint density at radius 1 is 1.24 bits per heavy atom. The van der Waals surface area contributed by atoms with Gasteiger partial charge in [-0.05, 0) is 43.6 Å². The fraction of sp³-hybridized carbons (Fsp3) is 0.533. The highest BCUT2D eigenvalue weighted by Crippen LogP contribution is 2.37. The van der Waals surface area contributed by atoms with Gasteiger partial charge in [-0.1, -0.05) is 0 Å². The van der Waals surface area contributed by atoms with Crippen molar-refractivity contribution in [2.75, 3.05) is 18.0 Å². The van der Waals surface area contributed by atoms with Gasteiger partial charge in [0.2, 0.25) is 0 Å². The summed E-state index contributed by atoms with van der Waals surface area (Å²) in [5, 5.41) is 20.2. The molecule has 0 atom stereocenters. The van der Waals surface area contributed by atoms with Crippen molar-refractivity contribution in [3.8, 4) is 0 Å². The van der Waals surface area contributed by atoms with E-state index in [0.29, 0.717) is 17.5 Å². The van der Waals surface area contributed by atoms with Gasteiger partial charge in [0.05, 0.1) is 16.2 Å². The first-order valence-corrected chi connectivity index (χ1v) is 7.31. The number of non-ortho nitro benzene ring substituents is 1. The van der Waals surface area contributed by atoms with E-state index in [1.807, 2.05) is 0 Å². The molecule has 6 nitrogen and oxygen atoms in total. The van der Waals surface area contributed by atoms with Crippen LogP contribution in [0.3, 0.4) is 0 Å². The second-order valence-corrected chi connectivity index (χ2v) is 6.06. The highest BCUT2D eigenvalue weighted by Gasteiger charge is 2.31. The Balaban J connectivity index is 1.91. The van der Waals surface area contributed by atoms with Crippen LogP contribution in [0.4, 0.5) is 11.4 Å². The van der Waals surface area contributed by atoms with Crippen molar-refractivity contribution in [3.05, 3.63) is 33.9 Å². The molecule has 1 aromatic carbocycles. The second kappa shape index (κ2) is 5.35. The number of hydrogen-bond donors (Lipinski definition) is 1. The normalized spacial score (nSPS) is 17.5. The molecule has 3 rings (SSSR count). The molecular weight excluding hydrogens is 272 g/mol. The number of anilines is 1. The molecule has 2 fully saturated rings. The lowest BCUT2D eigenvalue weighted by atomic mass is 10.1. The van der Waals surface area contributed by atoms with E-state index >= 15 is 0 Å². The first-order chi connectivity index (χ1) is 10.0. The highest BCUT2D eigenvalue weighted by atomic mass is 16.6. The van der Waals surface area contributed by atoms with E-state index in [2.05, 4.69) is 4.90 Å². The van der Waals surface area contributed by atoms with Crippen molar-refractivity contribution < 1.29 is 14.8 Å². The van der Waals surface area contributed by atoms with Crippen molar-refractivity contribution in [2.24, 2.45) is 11.8 Å². The third-order valence-electron chi connectivity index (χ3n) is 4.11. The van der Waals surface area contributed by atoms with E-state index < -0.39 is 10.9 Å². The smallest absolute Gasteiger partial charge is 0.338 e. The molecule has 0 saturated heterocycles. The molecule has 0 aliphatic heterocycles. The minimum Gasteiger partial charge on any atom is -0.478 e. The molecule has 0 bridgehead atoms. The summed E-state index contributed by atoms with van der Waals surface area (Å²) in [6, 6.07) is 4.16. The predicted molar refractivity (Wildman–Crippen MR) is 77.7 cm³/mol. The van der Waals surface area contributed by atoms with E-state index in [-0.39, 0.29) is 11.3 Å². The summed E-state index contributed by atoms with van der Waals surface area (Å²) in [7, 11) is 0. The third kappa shape index (κ3) is 3.32. The highest BCUT2D eigenvalue weighted by molar-refractivity contribution is 5.95. The molecular formula is C15H18N2O4. The standard InChI is InChI=1S/C15H18N2O4/c18-15(19)13-7-12(17(20)21)5-6-14(13)16(8-10-1-2-10)9-11-3-4-11/h5-7,10-11H,1-4,8-9H2,(H,18,19). The van der Waals surface area contributed by atoms with Crippen molar-refractivity contribution in [1.29, 1.82) is 0 Å². The molecule has 21 heavy (non-hydrogen) atoms. The van der Waals surface area contributed by atoms with Crippen LogP contribution in [0.15, 0.2) is 18.2 Å². The minimum atomic E-state index is -1.11. The zero-order chi connectivity index (χ0) is 15.0. The Morgan fingerprint density at radius 3 is 2.24 bits per heavy atom. The van der Waals surface area contributed by atoms with Gasteiger partial charge in [0, 0.05) is 25.2 Å². The Bertz CT molecular complexity index is 565. The summed E-state index contributed by atoms with van der Waals surface area (Å²) in [6.07, 6.45) is 4.76. The molecule has 0 aromatic heterocycles. The molecule has 0 unspecified atom stereocenters. The van der Waals surface area contributed by atoms with Gasteiger partial charge >= 0.3 is 5.97 Å². The fourth-order valence-electron chi connectivity index (χ4n) is 2.58. The van der Waals surface area contributed by atoms with Gasteiger partial charge in [-0.2, -0.15) is 0 Å². The van der Waals surface area contributed by atoms with Gasteiger partial charge in [0.25, 0.3) is 5.69 Å². The van der Waals surface area contributed by atoms with Crippen molar-refractivity contribution in [3.63, 3.8) is 0 Å². The Hall–Kier alpha value is -2.11. The molecule has 0 heterocycles. The molecule has 112 valence electrons. The molecule has 0 amide bonds. The van der Waals surface area contributed by atoms with E-state index in [1.165, 1.54) is 37.8 Å². The summed E-state index contributed by atoms with van der Waals surface area (Å²) in [5.74, 6) is 0.173. The Kier molecular flexibility index (Phi) is 3.53. The molecule has 2 aliphatic rings. The van der Waals surface area contributed by atoms with Gasteiger partial charge in [0.1, 0.15) is 0 Å². The summed E-state index contributed by atoms with van der Waals surface area (Å²) >= 11 is 0. The monoisotopic (exact) mass is 290 g/mol. The summed E-state index contributed by atoms with van der Waals surface area (Å²) in [4.78, 5) is 23.8. The lowest BCUT2D eigenvalue weighted by molar-refractivity contribution is -0.384. The first-order valence-electron chi connectivity index (χ1n) is 7.31. The van der Waals surface area contributed by atoms with E-state index in [4.69, 9.17) is 0 Å². The van der Waals surface area contributed by atoms with Gasteiger partial charge in [-0.25, -0.2) is 4.79 Å². The van der Waals surface area contributed by atoms with Crippen LogP contribution >= 0.6 is 0 Å². The number of nitro groups is 1. The lowest BCUT2D eigenvalue weighted by Gasteiger charge is -2.26. The topological polar surface area (TPSA) is 83.7 Å². The maximum Gasteiger partial charge on any atom is 0.338 e. The van der Waals surface area contributed by atoms with E-state index in [1.54, 1.807) is 6.07 Å². The zero-order valence-electron chi connectivity index (χ0n) is 11.7. The van der Waals surface area contributed by atoms with Crippen LogP contribution in [0, 0.1) is 22.0 Å². The molecule has 1 N–H and O–H groups in total. The molecule has 2 aliphatic carbocycles. The molecule has 2 saturated carbocycles. The van der Waals surface area contributed by atoms with Crippen LogP contribution in [0.2, 0.25) is 0 Å². The molecule has 1 aromatic rings. The van der Waals surface area contributed by atoms with Gasteiger partial charge in [-0.3, -0.25) is 10.1 Å². The molecule has 6 heteroatoms. The summed E-state index contributed by atoms with van der Waals surface area (Å²) in [6.45, 7) is 1.71. The van der Waals surface area contributed by atoms with Crippen molar-refractivity contribution in [1.82, 2.24) is 0 Å². The minimum absolute atomic E-state index is 0.0329. The number of carbonyl (C=O) groups is 1. The number of nitrogens with zero attached hydrogens (tertiary/aromatic N) is 2. The van der Waals surface area contributed by atoms with Gasteiger partial charge in [-0.15, -0.1) is 0 Å². The Labute approximate surface area is 122 Å².